The van der Waals surface area contributed by atoms with Crippen LogP contribution in [0.5, 0.6) is 0 Å². The first-order valence-electron chi connectivity index (χ1n) is 7.33. The second-order valence-electron chi connectivity index (χ2n) is 6.29. The summed E-state index contributed by atoms with van der Waals surface area (Å²) in [6, 6.07) is -0.0736. The molecule has 2 heterocycles. The zero-order chi connectivity index (χ0) is 15.6. The van der Waals surface area contributed by atoms with E-state index in [-0.39, 0.29) is 24.3 Å². The van der Waals surface area contributed by atoms with Crippen LogP contribution in [0, 0.1) is 11.3 Å². The molecule has 0 aliphatic carbocycles. The quantitative estimate of drug-likeness (QED) is 0.787. The normalized spacial score (nSPS) is 28.8. The number of carbonyl (C=O) groups excluding carboxylic acids is 2. The van der Waals surface area contributed by atoms with Crippen molar-refractivity contribution in [3.05, 3.63) is 0 Å². The third kappa shape index (κ3) is 3.28. The van der Waals surface area contributed by atoms with Crippen LogP contribution in [0.2, 0.25) is 0 Å². The Bertz CT molecular complexity index is 454. The third-order valence-corrected chi connectivity index (χ3v) is 4.54. The van der Waals surface area contributed by atoms with Gasteiger partial charge in [-0.2, -0.15) is 0 Å². The maximum atomic E-state index is 12.5. The largest absolute Gasteiger partial charge is 0.481 e. The van der Waals surface area contributed by atoms with Gasteiger partial charge in [0.1, 0.15) is 0 Å². The van der Waals surface area contributed by atoms with Crippen LogP contribution < -0.4 is 5.32 Å². The topological polar surface area (TPSA) is 90.0 Å². The van der Waals surface area contributed by atoms with Crippen LogP contribution in [0.4, 0.5) is 4.79 Å². The number of carboxylic acids is 1. The van der Waals surface area contributed by atoms with E-state index in [1.165, 1.54) is 0 Å². The highest BCUT2D eigenvalue weighted by Gasteiger charge is 2.43. The number of hydrogen-bond acceptors (Lipinski definition) is 3. The summed E-state index contributed by atoms with van der Waals surface area (Å²) in [6.45, 7) is 3.97. The molecule has 0 spiro atoms. The van der Waals surface area contributed by atoms with Crippen molar-refractivity contribution in [1.29, 1.82) is 0 Å². The minimum absolute atomic E-state index is 0.0389. The molecule has 3 amide bonds. The highest BCUT2D eigenvalue weighted by molar-refractivity contribution is 5.84. The summed E-state index contributed by atoms with van der Waals surface area (Å²) in [5.41, 5.74) is -0.523. The molecule has 2 saturated heterocycles. The second-order valence-corrected chi connectivity index (χ2v) is 6.29. The molecule has 2 atom stereocenters. The lowest BCUT2D eigenvalue weighted by Gasteiger charge is -2.26. The first kappa shape index (κ1) is 15.6. The minimum Gasteiger partial charge on any atom is -0.481 e. The summed E-state index contributed by atoms with van der Waals surface area (Å²) in [6.07, 6.45) is 1.50. The molecule has 0 saturated carbocycles. The number of urea groups is 1. The van der Waals surface area contributed by atoms with Crippen LogP contribution in [-0.4, -0.2) is 66.0 Å². The van der Waals surface area contributed by atoms with Gasteiger partial charge in [0.05, 0.1) is 5.41 Å². The number of nitrogens with zero attached hydrogens (tertiary/aromatic N) is 2. The van der Waals surface area contributed by atoms with Crippen LogP contribution in [-0.2, 0) is 9.59 Å². The SMILES string of the molecule is CNC(=O)C1(C)CCN(C(=O)N2CCC(CC(=O)O)C2)C1. The number of likely N-dealkylation sites (tertiary alicyclic amines) is 2. The predicted molar refractivity (Wildman–Crippen MR) is 75.7 cm³/mol. The molecule has 2 aliphatic rings. The molecule has 0 aromatic carbocycles. The fraction of sp³-hybridized carbons (Fsp3) is 0.786. The Morgan fingerprint density at radius 3 is 2.62 bits per heavy atom. The number of nitrogens with one attached hydrogen (secondary N) is 1. The first-order valence-corrected chi connectivity index (χ1v) is 7.33. The highest BCUT2D eigenvalue weighted by atomic mass is 16.4. The molecule has 2 unspecified atom stereocenters. The highest BCUT2D eigenvalue weighted by Crippen LogP contribution is 2.31. The van der Waals surface area contributed by atoms with Crippen molar-refractivity contribution in [2.75, 3.05) is 33.2 Å². The Morgan fingerprint density at radius 2 is 2.00 bits per heavy atom. The van der Waals surface area contributed by atoms with Gasteiger partial charge in [-0.05, 0) is 25.7 Å². The van der Waals surface area contributed by atoms with Crippen molar-refractivity contribution in [1.82, 2.24) is 15.1 Å². The van der Waals surface area contributed by atoms with Crippen LogP contribution in [0.1, 0.15) is 26.2 Å². The molecule has 2 rings (SSSR count). The van der Waals surface area contributed by atoms with E-state index in [0.717, 1.165) is 6.42 Å². The Balaban J connectivity index is 1.91. The van der Waals surface area contributed by atoms with E-state index in [0.29, 0.717) is 32.6 Å². The minimum atomic E-state index is -0.817. The Morgan fingerprint density at radius 1 is 1.29 bits per heavy atom. The van der Waals surface area contributed by atoms with E-state index in [9.17, 15) is 14.4 Å². The molecule has 0 bridgehead atoms. The molecule has 21 heavy (non-hydrogen) atoms. The van der Waals surface area contributed by atoms with Crippen molar-refractivity contribution in [3.63, 3.8) is 0 Å². The molecular weight excluding hydrogens is 274 g/mol. The predicted octanol–water partition coefficient (Wildman–Crippen LogP) is 0.361. The van der Waals surface area contributed by atoms with Crippen molar-refractivity contribution < 1.29 is 19.5 Å². The maximum absolute atomic E-state index is 12.5. The maximum Gasteiger partial charge on any atom is 0.320 e. The van der Waals surface area contributed by atoms with Crippen molar-refractivity contribution >= 4 is 17.9 Å². The molecule has 0 aromatic heterocycles. The number of carbonyl (C=O) groups is 3. The molecule has 7 heteroatoms. The van der Waals surface area contributed by atoms with Gasteiger partial charge in [0.15, 0.2) is 0 Å². The summed E-state index contributed by atoms with van der Waals surface area (Å²) in [5, 5.41) is 11.5. The lowest BCUT2D eigenvalue weighted by atomic mass is 9.89. The second kappa shape index (κ2) is 5.91. The Kier molecular flexibility index (Phi) is 4.39. The average Bonchev–Trinajstić information content (AvgIpc) is 3.04. The monoisotopic (exact) mass is 297 g/mol. The van der Waals surface area contributed by atoms with Crippen molar-refractivity contribution in [2.24, 2.45) is 11.3 Å². The number of amides is 3. The lowest BCUT2D eigenvalue weighted by molar-refractivity contribution is -0.138. The van der Waals surface area contributed by atoms with E-state index in [2.05, 4.69) is 5.32 Å². The number of carboxylic acid groups (broad SMARTS) is 1. The van der Waals surface area contributed by atoms with E-state index < -0.39 is 11.4 Å². The van der Waals surface area contributed by atoms with E-state index in [1.54, 1.807) is 16.8 Å². The van der Waals surface area contributed by atoms with E-state index in [1.807, 2.05) is 6.92 Å². The molecule has 0 radical (unpaired) electrons. The van der Waals surface area contributed by atoms with Gasteiger partial charge in [-0.3, -0.25) is 9.59 Å². The average molecular weight is 297 g/mol. The summed E-state index contributed by atoms with van der Waals surface area (Å²) in [5.74, 6) is -0.815. The summed E-state index contributed by atoms with van der Waals surface area (Å²) < 4.78 is 0. The van der Waals surface area contributed by atoms with Crippen LogP contribution in [0.15, 0.2) is 0 Å². The van der Waals surface area contributed by atoms with Gasteiger partial charge in [0.2, 0.25) is 5.91 Å². The molecule has 2 fully saturated rings. The summed E-state index contributed by atoms with van der Waals surface area (Å²) >= 11 is 0. The zero-order valence-corrected chi connectivity index (χ0v) is 12.6. The fourth-order valence-electron chi connectivity index (χ4n) is 3.23. The van der Waals surface area contributed by atoms with Gasteiger partial charge in [-0.15, -0.1) is 0 Å². The Hall–Kier alpha value is -1.79. The third-order valence-electron chi connectivity index (χ3n) is 4.54. The van der Waals surface area contributed by atoms with E-state index >= 15 is 0 Å². The smallest absolute Gasteiger partial charge is 0.320 e. The molecule has 7 nitrogen and oxygen atoms in total. The fourth-order valence-corrected chi connectivity index (χ4v) is 3.23. The van der Waals surface area contributed by atoms with Gasteiger partial charge < -0.3 is 20.2 Å². The molecule has 0 aromatic rings. The van der Waals surface area contributed by atoms with Crippen molar-refractivity contribution in [2.45, 2.75) is 26.2 Å². The van der Waals surface area contributed by atoms with Crippen LogP contribution in [0.3, 0.4) is 0 Å². The van der Waals surface area contributed by atoms with Gasteiger partial charge >= 0.3 is 12.0 Å². The first-order chi connectivity index (χ1) is 9.85. The van der Waals surface area contributed by atoms with Gasteiger partial charge in [0, 0.05) is 39.6 Å². The lowest BCUT2D eigenvalue weighted by Crippen LogP contribution is -2.44. The van der Waals surface area contributed by atoms with Gasteiger partial charge in [-0.25, -0.2) is 4.79 Å². The summed E-state index contributed by atoms with van der Waals surface area (Å²) in [4.78, 5) is 38.5. The molecule has 2 aliphatic heterocycles. The number of aliphatic carboxylic acids is 1. The molecule has 2 N–H and O–H groups in total. The standard InChI is InChI=1S/C14H23N3O4/c1-14(12(20)15-2)4-6-17(9-14)13(21)16-5-3-10(8-16)7-11(18)19/h10H,3-9H2,1-2H3,(H,15,20)(H,18,19). The zero-order valence-electron chi connectivity index (χ0n) is 12.6. The number of hydrogen-bond donors (Lipinski definition) is 2. The molecular formula is C14H23N3O4. The molecule has 118 valence electrons. The van der Waals surface area contributed by atoms with Gasteiger partial charge in [0.25, 0.3) is 0 Å². The van der Waals surface area contributed by atoms with E-state index in [4.69, 9.17) is 5.11 Å². The Labute approximate surface area is 124 Å². The number of rotatable bonds is 3. The summed E-state index contributed by atoms with van der Waals surface area (Å²) in [7, 11) is 1.61. The van der Waals surface area contributed by atoms with Crippen molar-refractivity contribution in [3.8, 4) is 0 Å². The van der Waals surface area contributed by atoms with Crippen LogP contribution in [0.25, 0.3) is 0 Å². The van der Waals surface area contributed by atoms with Crippen LogP contribution >= 0.6 is 0 Å². The van der Waals surface area contributed by atoms with Gasteiger partial charge in [-0.1, -0.05) is 0 Å².